The van der Waals surface area contributed by atoms with Crippen LogP contribution in [0.15, 0.2) is 24.3 Å². The van der Waals surface area contributed by atoms with E-state index in [0.29, 0.717) is 19.4 Å². The Morgan fingerprint density at radius 2 is 2.17 bits per heavy atom. The Morgan fingerprint density at radius 1 is 1.39 bits per heavy atom. The molecule has 5 heteroatoms. The second-order valence-corrected chi connectivity index (χ2v) is 5.88. The highest BCUT2D eigenvalue weighted by molar-refractivity contribution is 5.79. The highest BCUT2D eigenvalue weighted by Gasteiger charge is 2.26. The van der Waals surface area contributed by atoms with Crippen LogP contribution in [0.25, 0.3) is 0 Å². The third kappa shape index (κ3) is 4.71. The number of rotatable bonds is 8. The van der Waals surface area contributed by atoms with Gasteiger partial charge in [0.05, 0.1) is 13.5 Å². The molecule has 2 amide bonds. The van der Waals surface area contributed by atoms with Crippen LogP contribution in [0.3, 0.4) is 0 Å². The van der Waals surface area contributed by atoms with Crippen molar-refractivity contribution in [3.8, 4) is 5.75 Å². The third-order valence-electron chi connectivity index (χ3n) is 4.37. The van der Waals surface area contributed by atoms with Crippen LogP contribution in [0.1, 0.15) is 38.2 Å². The molecule has 1 heterocycles. The molecule has 1 aromatic rings. The first-order chi connectivity index (χ1) is 11.2. The second-order valence-electron chi connectivity index (χ2n) is 5.88. The van der Waals surface area contributed by atoms with E-state index in [0.717, 1.165) is 37.1 Å². The molecule has 1 fully saturated rings. The van der Waals surface area contributed by atoms with Crippen LogP contribution >= 0.6 is 0 Å². The van der Waals surface area contributed by atoms with Gasteiger partial charge in [0.1, 0.15) is 5.75 Å². The zero-order chi connectivity index (χ0) is 16.7. The molecule has 126 valence electrons. The molecule has 1 aromatic carbocycles. The molecule has 1 aliphatic heterocycles. The summed E-state index contributed by atoms with van der Waals surface area (Å²) in [5, 5.41) is 2.95. The van der Waals surface area contributed by atoms with Gasteiger partial charge in [-0.3, -0.25) is 9.59 Å². The molecule has 23 heavy (non-hydrogen) atoms. The molecule has 0 aliphatic carbocycles. The van der Waals surface area contributed by atoms with E-state index in [1.54, 1.807) is 7.11 Å². The number of amides is 2. The summed E-state index contributed by atoms with van der Waals surface area (Å²) in [6, 6.07) is 7.78. The number of carbonyl (C=O) groups excluding carboxylic acids is 2. The Labute approximate surface area is 138 Å². The van der Waals surface area contributed by atoms with E-state index in [4.69, 9.17) is 4.74 Å². The van der Waals surface area contributed by atoms with Crippen molar-refractivity contribution in [2.75, 3.05) is 20.2 Å². The van der Waals surface area contributed by atoms with Gasteiger partial charge in [-0.25, -0.2) is 0 Å². The SMILES string of the molecule is CC[C@H](CCNC(=O)Cc1ccccc1OC)N1CCCC1=O. The summed E-state index contributed by atoms with van der Waals surface area (Å²) in [6.07, 6.45) is 3.66. The summed E-state index contributed by atoms with van der Waals surface area (Å²) in [6.45, 7) is 3.54. The van der Waals surface area contributed by atoms with Crippen molar-refractivity contribution >= 4 is 11.8 Å². The largest absolute Gasteiger partial charge is 0.496 e. The molecule has 1 aliphatic rings. The minimum Gasteiger partial charge on any atom is -0.496 e. The number of hydrogen-bond donors (Lipinski definition) is 1. The van der Waals surface area contributed by atoms with E-state index in [9.17, 15) is 9.59 Å². The average molecular weight is 318 g/mol. The van der Waals surface area contributed by atoms with Crippen molar-refractivity contribution in [3.63, 3.8) is 0 Å². The monoisotopic (exact) mass is 318 g/mol. The van der Waals surface area contributed by atoms with E-state index < -0.39 is 0 Å². The Kier molecular flexibility index (Phi) is 6.44. The van der Waals surface area contributed by atoms with Gasteiger partial charge < -0.3 is 15.0 Å². The lowest BCUT2D eigenvalue weighted by Crippen LogP contribution is -2.38. The molecule has 0 aromatic heterocycles. The number of ether oxygens (including phenoxy) is 1. The van der Waals surface area contributed by atoms with Crippen LogP contribution < -0.4 is 10.1 Å². The van der Waals surface area contributed by atoms with E-state index in [-0.39, 0.29) is 17.9 Å². The zero-order valence-corrected chi connectivity index (χ0v) is 14.0. The summed E-state index contributed by atoms with van der Waals surface area (Å²) >= 11 is 0. The van der Waals surface area contributed by atoms with Gasteiger partial charge in [-0.05, 0) is 25.3 Å². The number of nitrogens with zero attached hydrogens (tertiary/aromatic N) is 1. The smallest absolute Gasteiger partial charge is 0.224 e. The number of likely N-dealkylation sites (tertiary alicyclic amines) is 1. The van der Waals surface area contributed by atoms with Crippen LogP contribution in [0, 0.1) is 0 Å². The minimum atomic E-state index is -0.0166. The molecular formula is C18H26N2O3. The van der Waals surface area contributed by atoms with Gasteiger partial charge in [0.25, 0.3) is 0 Å². The lowest BCUT2D eigenvalue weighted by atomic mass is 10.1. The van der Waals surface area contributed by atoms with Gasteiger partial charge in [-0.15, -0.1) is 0 Å². The standard InChI is InChI=1S/C18H26N2O3/c1-3-15(20-12-6-9-18(20)22)10-11-19-17(21)13-14-7-4-5-8-16(14)23-2/h4-5,7-8,15H,3,6,9-13H2,1-2H3,(H,19,21)/t15-/m1/s1. The average Bonchev–Trinajstić information content (AvgIpc) is 2.98. The number of benzene rings is 1. The molecule has 5 nitrogen and oxygen atoms in total. The van der Waals surface area contributed by atoms with Gasteiger partial charge in [-0.1, -0.05) is 25.1 Å². The lowest BCUT2D eigenvalue weighted by Gasteiger charge is -2.26. The first-order valence-corrected chi connectivity index (χ1v) is 8.33. The molecule has 1 atom stereocenters. The molecule has 0 unspecified atom stereocenters. The first-order valence-electron chi connectivity index (χ1n) is 8.33. The molecule has 0 spiro atoms. The summed E-state index contributed by atoms with van der Waals surface area (Å²) in [4.78, 5) is 25.9. The lowest BCUT2D eigenvalue weighted by molar-refractivity contribution is -0.129. The fourth-order valence-electron chi connectivity index (χ4n) is 3.10. The number of para-hydroxylation sites is 1. The molecular weight excluding hydrogens is 292 g/mol. The Hall–Kier alpha value is -2.04. The topological polar surface area (TPSA) is 58.6 Å². The summed E-state index contributed by atoms with van der Waals surface area (Å²) < 4.78 is 5.26. The van der Waals surface area contributed by atoms with Gasteiger partial charge >= 0.3 is 0 Å². The molecule has 1 saturated heterocycles. The predicted molar refractivity (Wildman–Crippen MR) is 89.4 cm³/mol. The van der Waals surface area contributed by atoms with Gasteiger partial charge in [0, 0.05) is 31.1 Å². The van der Waals surface area contributed by atoms with Crippen molar-refractivity contribution in [3.05, 3.63) is 29.8 Å². The summed E-state index contributed by atoms with van der Waals surface area (Å²) in [5.74, 6) is 0.964. The van der Waals surface area contributed by atoms with Crippen LogP contribution in [0.2, 0.25) is 0 Å². The molecule has 2 rings (SSSR count). The van der Waals surface area contributed by atoms with E-state index in [1.807, 2.05) is 29.2 Å². The maximum atomic E-state index is 12.1. The van der Waals surface area contributed by atoms with Crippen LogP contribution in [0.5, 0.6) is 5.75 Å². The maximum absolute atomic E-state index is 12.1. The van der Waals surface area contributed by atoms with Crippen molar-refractivity contribution in [2.45, 2.75) is 45.1 Å². The summed E-state index contributed by atoms with van der Waals surface area (Å²) in [7, 11) is 1.61. The van der Waals surface area contributed by atoms with Gasteiger partial charge in [0.15, 0.2) is 0 Å². The number of methoxy groups -OCH3 is 1. The maximum Gasteiger partial charge on any atom is 0.224 e. The Bertz CT molecular complexity index is 545. The van der Waals surface area contributed by atoms with Crippen molar-refractivity contribution < 1.29 is 14.3 Å². The summed E-state index contributed by atoms with van der Waals surface area (Å²) in [5.41, 5.74) is 0.884. The number of carbonyl (C=O) groups is 2. The second kappa shape index (κ2) is 8.56. The van der Waals surface area contributed by atoms with Crippen molar-refractivity contribution in [1.82, 2.24) is 10.2 Å². The fraction of sp³-hybridized carbons (Fsp3) is 0.556. The van der Waals surface area contributed by atoms with E-state index in [1.165, 1.54) is 0 Å². The van der Waals surface area contributed by atoms with Crippen molar-refractivity contribution in [1.29, 1.82) is 0 Å². The first kappa shape index (κ1) is 17.3. The highest BCUT2D eigenvalue weighted by atomic mass is 16.5. The molecule has 0 radical (unpaired) electrons. The highest BCUT2D eigenvalue weighted by Crippen LogP contribution is 2.19. The Morgan fingerprint density at radius 3 is 2.83 bits per heavy atom. The van der Waals surface area contributed by atoms with Crippen LogP contribution in [-0.4, -0.2) is 43.0 Å². The quantitative estimate of drug-likeness (QED) is 0.799. The number of nitrogens with one attached hydrogen (secondary N) is 1. The molecule has 1 N–H and O–H groups in total. The molecule has 0 bridgehead atoms. The zero-order valence-electron chi connectivity index (χ0n) is 14.0. The van der Waals surface area contributed by atoms with E-state index in [2.05, 4.69) is 12.2 Å². The molecule has 0 saturated carbocycles. The fourth-order valence-corrected chi connectivity index (χ4v) is 3.10. The Balaban J connectivity index is 1.78. The van der Waals surface area contributed by atoms with Crippen LogP contribution in [-0.2, 0) is 16.0 Å². The van der Waals surface area contributed by atoms with Crippen LogP contribution in [0.4, 0.5) is 0 Å². The predicted octanol–water partition coefficient (Wildman–Crippen LogP) is 2.15. The van der Waals surface area contributed by atoms with E-state index >= 15 is 0 Å². The number of hydrogen-bond acceptors (Lipinski definition) is 3. The van der Waals surface area contributed by atoms with Crippen molar-refractivity contribution in [2.24, 2.45) is 0 Å². The third-order valence-corrected chi connectivity index (χ3v) is 4.37. The van der Waals surface area contributed by atoms with Gasteiger partial charge in [-0.2, -0.15) is 0 Å². The van der Waals surface area contributed by atoms with Gasteiger partial charge in [0.2, 0.25) is 11.8 Å². The normalized spacial score (nSPS) is 15.6. The minimum absolute atomic E-state index is 0.0166.